The van der Waals surface area contributed by atoms with E-state index < -0.39 is 12.7 Å². The minimum atomic E-state index is -1.02. The molecule has 2 aromatic rings. The number of rotatable bonds is 3. The monoisotopic (exact) mass is 357 g/mol. The van der Waals surface area contributed by atoms with Crippen LogP contribution in [0.5, 0.6) is 0 Å². The number of nitrogens with one attached hydrogen (secondary N) is 2. The fourth-order valence-electron chi connectivity index (χ4n) is 3.21. The zero-order chi connectivity index (χ0) is 18.3. The first-order chi connectivity index (χ1) is 12.5. The number of aromatic nitrogens is 2. The molecule has 4 rings (SSSR count). The molecule has 26 heavy (non-hydrogen) atoms. The number of carbonyl (C=O) groups is 2. The van der Waals surface area contributed by atoms with Gasteiger partial charge in [0.15, 0.2) is 0 Å². The molecule has 3 heterocycles. The number of aliphatic hydroxyl groups excluding tert-OH is 2. The minimum absolute atomic E-state index is 0.135. The largest absolute Gasteiger partial charge is 0.393 e. The van der Waals surface area contributed by atoms with Crippen LogP contribution in [0.3, 0.4) is 0 Å². The smallest absolute Gasteiger partial charge is 0.254 e. The normalized spacial score (nSPS) is 17.0. The van der Waals surface area contributed by atoms with Crippen molar-refractivity contribution in [2.75, 3.05) is 30.3 Å². The van der Waals surface area contributed by atoms with Crippen LogP contribution < -0.4 is 10.6 Å². The molecule has 9 heteroatoms. The van der Waals surface area contributed by atoms with Gasteiger partial charge in [-0.3, -0.25) is 14.3 Å². The molecule has 0 bridgehead atoms. The molecule has 1 aromatic carbocycles. The van der Waals surface area contributed by atoms with E-state index in [2.05, 4.69) is 15.7 Å². The van der Waals surface area contributed by atoms with Crippen molar-refractivity contribution in [3.63, 3.8) is 0 Å². The Bertz CT molecular complexity index is 878. The van der Waals surface area contributed by atoms with Gasteiger partial charge < -0.3 is 25.7 Å². The van der Waals surface area contributed by atoms with Crippen LogP contribution in [0.2, 0.25) is 0 Å². The van der Waals surface area contributed by atoms with E-state index >= 15 is 0 Å². The Balaban J connectivity index is 1.53. The lowest BCUT2D eigenvalue weighted by Gasteiger charge is -2.28. The van der Waals surface area contributed by atoms with Gasteiger partial charge >= 0.3 is 0 Å². The van der Waals surface area contributed by atoms with Crippen molar-refractivity contribution in [2.45, 2.75) is 19.2 Å². The average Bonchev–Trinajstić information content (AvgIpc) is 3.09. The molecule has 0 unspecified atom stereocenters. The Morgan fingerprint density at radius 2 is 2.12 bits per heavy atom. The molecule has 0 fully saturated rings. The maximum absolute atomic E-state index is 12.8. The summed E-state index contributed by atoms with van der Waals surface area (Å²) >= 11 is 0. The first kappa shape index (κ1) is 16.6. The van der Waals surface area contributed by atoms with Gasteiger partial charge in [0, 0.05) is 12.1 Å². The Hall–Kier alpha value is -2.91. The zero-order valence-corrected chi connectivity index (χ0v) is 14.0. The summed E-state index contributed by atoms with van der Waals surface area (Å²) in [4.78, 5) is 26.1. The molecule has 0 saturated carbocycles. The quantitative estimate of drug-likeness (QED) is 0.610. The number of hydrogen-bond acceptors (Lipinski definition) is 6. The molecule has 0 radical (unpaired) electrons. The van der Waals surface area contributed by atoms with Crippen molar-refractivity contribution in [3.8, 4) is 0 Å². The fraction of sp³-hybridized carbons (Fsp3) is 0.353. The van der Waals surface area contributed by atoms with E-state index in [9.17, 15) is 14.7 Å². The third kappa shape index (κ3) is 2.91. The second-order valence-electron chi connectivity index (χ2n) is 6.37. The summed E-state index contributed by atoms with van der Waals surface area (Å²) in [5, 5.41) is 28.8. The van der Waals surface area contributed by atoms with Crippen LogP contribution in [-0.4, -0.2) is 56.4 Å². The summed E-state index contributed by atoms with van der Waals surface area (Å²) in [6.07, 6.45) is -1.02. The van der Waals surface area contributed by atoms with Crippen LogP contribution in [-0.2, 0) is 17.9 Å². The second kappa shape index (κ2) is 6.43. The molecule has 2 aliphatic heterocycles. The Morgan fingerprint density at radius 1 is 1.27 bits per heavy atom. The average molecular weight is 357 g/mol. The summed E-state index contributed by atoms with van der Waals surface area (Å²) < 4.78 is 1.75. The van der Waals surface area contributed by atoms with E-state index in [0.717, 1.165) is 11.4 Å². The SMILES string of the molecule is O=C1CNc2ccc(C(=O)N3CCn4nc([C@@H](O)CO)cc4C3)cc2N1. The maximum Gasteiger partial charge on any atom is 0.254 e. The highest BCUT2D eigenvalue weighted by molar-refractivity contribution is 6.03. The van der Waals surface area contributed by atoms with E-state index in [-0.39, 0.29) is 18.4 Å². The topological polar surface area (TPSA) is 120 Å². The van der Waals surface area contributed by atoms with E-state index in [1.165, 1.54) is 0 Å². The lowest BCUT2D eigenvalue weighted by molar-refractivity contribution is -0.114. The standard InChI is InChI=1S/C17H19N5O4/c23-9-15(24)14-6-11-8-21(3-4-22(11)20-14)17(26)10-1-2-12-13(5-10)19-16(25)7-18-12/h1-2,5-6,15,18,23-24H,3-4,7-9H2,(H,19,25)/t15-/m0/s1. The van der Waals surface area contributed by atoms with Gasteiger partial charge in [-0.2, -0.15) is 5.10 Å². The predicted octanol–water partition coefficient (Wildman–Crippen LogP) is -0.0712. The summed E-state index contributed by atoms with van der Waals surface area (Å²) in [7, 11) is 0. The first-order valence-corrected chi connectivity index (χ1v) is 8.38. The summed E-state index contributed by atoms with van der Waals surface area (Å²) in [5.41, 5.74) is 3.10. The zero-order valence-electron chi connectivity index (χ0n) is 14.0. The molecule has 136 valence electrons. The van der Waals surface area contributed by atoms with Crippen LogP contribution in [0, 0.1) is 0 Å². The number of anilines is 2. The molecular weight excluding hydrogens is 338 g/mol. The number of fused-ring (bicyclic) bond motifs is 2. The van der Waals surface area contributed by atoms with E-state index in [4.69, 9.17) is 5.11 Å². The van der Waals surface area contributed by atoms with Crippen molar-refractivity contribution < 1.29 is 19.8 Å². The van der Waals surface area contributed by atoms with Crippen LogP contribution in [0.25, 0.3) is 0 Å². The summed E-state index contributed by atoms with van der Waals surface area (Å²) in [5.74, 6) is -0.275. The van der Waals surface area contributed by atoms with Crippen LogP contribution in [0.4, 0.5) is 11.4 Å². The van der Waals surface area contributed by atoms with Gasteiger partial charge in [-0.15, -0.1) is 0 Å². The Kier molecular flexibility index (Phi) is 4.09. The molecular formula is C17H19N5O4. The highest BCUT2D eigenvalue weighted by Crippen LogP contribution is 2.27. The fourth-order valence-corrected chi connectivity index (χ4v) is 3.21. The van der Waals surface area contributed by atoms with Crippen molar-refractivity contribution in [1.29, 1.82) is 0 Å². The van der Waals surface area contributed by atoms with Crippen molar-refractivity contribution in [2.24, 2.45) is 0 Å². The Labute approximate surface area is 149 Å². The third-order valence-corrected chi connectivity index (χ3v) is 4.60. The highest BCUT2D eigenvalue weighted by atomic mass is 16.3. The highest BCUT2D eigenvalue weighted by Gasteiger charge is 2.25. The van der Waals surface area contributed by atoms with Crippen molar-refractivity contribution in [1.82, 2.24) is 14.7 Å². The number of aliphatic hydroxyl groups is 2. The van der Waals surface area contributed by atoms with Gasteiger partial charge in [0.2, 0.25) is 5.91 Å². The van der Waals surface area contributed by atoms with Gasteiger partial charge in [-0.25, -0.2) is 0 Å². The van der Waals surface area contributed by atoms with E-state index in [1.807, 2.05) is 0 Å². The van der Waals surface area contributed by atoms with Gasteiger partial charge in [0.05, 0.1) is 49.0 Å². The van der Waals surface area contributed by atoms with Gasteiger partial charge in [0.1, 0.15) is 6.10 Å². The molecule has 1 atom stereocenters. The number of amides is 2. The van der Waals surface area contributed by atoms with Gasteiger partial charge in [0.25, 0.3) is 5.91 Å². The summed E-state index contributed by atoms with van der Waals surface area (Å²) in [6.45, 7) is 1.20. The van der Waals surface area contributed by atoms with E-state index in [0.29, 0.717) is 36.6 Å². The number of benzene rings is 1. The molecule has 9 nitrogen and oxygen atoms in total. The Morgan fingerprint density at radius 3 is 2.92 bits per heavy atom. The maximum atomic E-state index is 12.8. The number of nitrogens with zero attached hydrogens (tertiary/aromatic N) is 3. The number of hydrogen-bond donors (Lipinski definition) is 4. The number of carbonyl (C=O) groups excluding carboxylic acids is 2. The van der Waals surface area contributed by atoms with Gasteiger partial charge in [-0.1, -0.05) is 0 Å². The molecule has 1 aromatic heterocycles. The van der Waals surface area contributed by atoms with Gasteiger partial charge in [-0.05, 0) is 24.3 Å². The van der Waals surface area contributed by atoms with Crippen LogP contribution >= 0.6 is 0 Å². The molecule has 2 amide bonds. The third-order valence-electron chi connectivity index (χ3n) is 4.60. The van der Waals surface area contributed by atoms with Crippen molar-refractivity contribution in [3.05, 3.63) is 41.2 Å². The van der Waals surface area contributed by atoms with E-state index in [1.54, 1.807) is 33.8 Å². The molecule has 0 saturated heterocycles. The second-order valence-corrected chi connectivity index (χ2v) is 6.37. The summed E-state index contributed by atoms with van der Waals surface area (Å²) in [6, 6.07) is 6.90. The minimum Gasteiger partial charge on any atom is -0.393 e. The molecule has 4 N–H and O–H groups in total. The van der Waals surface area contributed by atoms with Crippen molar-refractivity contribution >= 4 is 23.2 Å². The lowest BCUT2D eigenvalue weighted by atomic mass is 10.1. The predicted molar refractivity (Wildman–Crippen MR) is 92.6 cm³/mol. The van der Waals surface area contributed by atoms with Crippen LogP contribution in [0.1, 0.15) is 27.8 Å². The van der Waals surface area contributed by atoms with Crippen LogP contribution in [0.15, 0.2) is 24.3 Å². The molecule has 2 aliphatic rings. The molecule has 0 aliphatic carbocycles. The lowest BCUT2D eigenvalue weighted by Crippen LogP contribution is -2.38. The molecule has 0 spiro atoms. The first-order valence-electron chi connectivity index (χ1n) is 8.38.